The average Bonchev–Trinajstić information content (AvgIpc) is 3.56. The Kier molecular flexibility index (Phi) is 7.68. The van der Waals surface area contributed by atoms with E-state index in [2.05, 4.69) is 37.5 Å². The highest BCUT2D eigenvalue weighted by molar-refractivity contribution is 5.80. The van der Waals surface area contributed by atoms with Crippen LogP contribution in [0.2, 0.25) is 0 Å². The van der Waals surface area contributed by atoms with Crippen LogP contribution in [-0.4, -0.2) is 56.0 Å². The van der Waals surface area contributed by atoms with Gasteiger partial charge in [-0.3, -0.25) is 9.69 Å². The van der Waals surface area contributed by atoms with Gasteiger partial charge in [-0.15, -0.1) is 5.10 Å². The fourth-order valence-corrected chi connectivity index (χ4v) is 4.65. The maximum atomic E-state index is 13.0. The third kappa shape index (κ3) is 5.98. The van der Waals surface area contributed by atoms with Crippen molar-refractivity contribution < 1.29 is 9.47 Å². The Labute approximate surface area is 210 Å². The first-order chi connectivity index (χ1) is 17.7. The molecule has 0 amide bonds. The number of tetrazole rings is 1. The van der Waals surface area contributed by atoms with E-state index >= 15 is 0 Å². The van der Waals surface area contributed by atoms with Crippen LogP contribution in [0.15, 0.2) is 59.4 Å². The molecule has 188 valence electrons. The highest BCUT2D eigenvalue weighted by Gasteiger charge is 2.20. The number of hydrogen-bond acceptors (Lipinski definition) is 7. The second-order valence-electron chi connectivity index (χ2n) is 9.16. The molecule has 0 radical (unpaired) electrons. The first-order valence-electron chi connectivity index (χ1n) is 12.6. The van der Waals surface area contributed by atoms with Gasteiger partial charge < -0.3 is 14.5 Å². The summed E-state index contributed by atoms with van der Waals surface area (Å²) in [4.78, 5) is 18.2. The number of aromatic amines is 1. The number of aromatic nitrogens is 5. The summed E-state index contributed by atoms with van der Waals surface area (Å²) >= 11 is 0. The van der Waals surface area contributed by atoms with Gasteiger partial charge in [0, 0.05) is 36.2 Å². The molecule has 0 aliphatic carbocycles. The Morgan fingerprint density at radius 2 is 2.06 bits per heavy atom. The van der Waals surface area contributed by atoms with Gasteiger partial charge in [-0.05, 0) is 66.4 Å². The van der Waals surface area contributed by atoms with Crippen LogP contribution in [-0.2, 0) is 30.8 Å². The number of benzene rings is 2. The molecular weight excluding hydrogens is 456 g/mol. The van der Waals surface area contributed by atoms with E-state index in [1.54, 1.807) is 0 Å². The molecule has 0 saturated carbocycles. The van der Waals surface area contributed by atoms with Crippen LogP contribution < -0.4 is 10.3 Å². The Morgan fingerprint density at radius 1 is 1.17 bits per heavy atom. The molecular formula is C27H32N6O3. The summed E-state index contributed by atoms with van der Waals surface area (Å²) in [6, 6.07) is 18.1. The van der Waals surface area contributed by atoms with Crippen LogP contribution in [0.1, 0.15) is 36.7 Å². The predicted molar refractivity (Wildman–Crippen MR) is 137 cm³/mol. The fraction of sp³-hybridized carbons (Fsp3) is 0.407. The molecule has 1 aliphatic heterocycles. The first kappa shape index (κ1) is 24.1. The number of nitrogens with one attached hydrogen (secondary N) is 1. The van der Waals surface area contributed by atoms with Gasteiger partial charge in [-0.25, -0.2) is 4.68 Å². The van der Waals surface area contributed by atoms with E-state index in [1.807, 2.05) is 54.1 Å². The van der Waals surface area contributed by atoms with Gasteiger partial charge in [0.05, 0.1) is 25.8 Å². The summed E-state index contributed by atoms with van der Waals surface area (Å²) in [5.41, 5.74) is 2.65. The summed E-state index contributed by atoms with van der Waals surface area (Å²) in [6.45, 7) is 5.75. The summed E-state index contributed by atoms with van der Waals surface area (Å²) in [5, 5.41) is 13.4. The van der Waals surface area contributed by atoms with Crippen LogP contribution in [0.5, 0.6) is 5.75 Å². The smallest absolute Gasteiger partial charge is 0.252 e. The van der Waals surface area contributed by atoms with Crippen molar-refractivity contribution >= 4 is 10.9 Å². The van der Waals surface area contributed by atoms with E-state index in [9.17, 15) is 4.79 Å². The largest absolute Gasteiger partial charge is 0.494 e. The van der Waals surface area contributed by atoms with Gasteiger partial charge in [-0.2, -0.15) is 0 Å². The molecule has 0 unspecified atom stereocenters. The lowest BCUT2D eigenvalue weighted by Crippen LogP contribution is -2.30. The number of hydrogen-bond donors (Lipinski definition) is 1. The maximum absolute atomic E-state index is 13.0. The summed E-state index contributed by atoms with van der Waals surface area (Å²) in [5.74, 6) is 1.56. The van der Waals surface area contributed by atoms with Gasteiger partial charge in [0.15, 0.2) is 5.82 Å². The molecule has 1 fully saturated rings. The maximum Gasteiger partial charge on any atom is 0.252 e. The Balaban J connectivity index is 1.38. The van der Waals surface area contributed by atoms with Gasteiger partial charge in [-0.1, -0.05) is 30.3 Å². The zero-order valence-corrected chi connectivity index (χ0v) is 20.6. The number of H-pyrrole nitrogens is 1. The van der Waals surface area contributed by atoms with Gasteiger partial charge >= 0.3 is 0 Å². The highest BCUT2D eigenvalue weighted by Crippen LogP contribution is 2.20. The normalized spacial score (nSPS) is 15.7. The molecule has 36 heavy (non-hydrogen) atoms. The molecule has 0 spiro atoms. The monoisotopic (exact) mass is 488 g/mol. The number of ether oxygens (including phenoxy) is 2. The average molecular weight is 489 g/mol. The van der Waals surface area contributed by atoms with Crippen LogP contribution in [0.3, 0.4) is 0 Å². The van der Waals surface area contributed by atoms with Crippen LogP contribution >= 0.6 is 0 Å². The molecule has 2 aromatic carbocycles. The summed E-state index contributed by atoms with van der Waals surface area (Å²) in [7, 11) is 0. The Bertz CT molecular complexity index is 1330. The van der Waals surface area contributed by atoms with Crippen molar-refractivity contribution in [2.75, 3.05) is 19.8 Å². The van der Waals surface area contributed by atoms with Crippen molar-refractivity contribution in [1.29, 1.82) is 0 Å². The van der Waals surface area contributed by atoms with Crippen molar-refractivity contribution in [1.82, 2.24) is 30.1 Å². The zero-order chi connectivity index (χ0) is 24.7. The van der Waals surface area contributed by atoms with E-state index in [1.165, 1.54) is 5.56 Å². The predicted octanol–water partition coefficient (Wildman–Crippen LogP) is 3.34. The lowest BCUT2D eigenvalue weighted by Gasteiger charge is -2.22. The molecule has 1 atom stereocenters. The fourth-order valence-electron chi connectivity index (χ4n) is 4.65. The SMILES string of the molecule is CCOc1ccc2[nH]c(=O)c(CN(CCc3ccccc3)Cc3nnnn3C[C@H]3CCCO3)cc2c1. The van der Waals surface area contributed by atoms with Crippen molar-refractivity contribution in [3.8, 4) is 5.75 Å². The molecule has 9 heteroatoms. The molecule has 9 nitrogen and oxygen atoms in total. The Morgan fingerprint density at radius 3 is 2.86 bits per heavy atom. The second kappa shape index (κ2) is 11.5. The van der Waals surface area contributed by atoms with E-state index < -0.39 is 0 Å². The standard InChI is InChI=1S/C27H32N6O3/c1-2-35-23-10-11-25-21(16-23)15-22(27(34)28-25)17-32(13-12-20-7-4-3-5-8-20)19-26-29-30-31-33(26)18-24-9-6-14-36-24/h3-5,7-8,10-11,15-16,24H,2,6,9,12-14,17-19H2,1H3,(H,28,34)/t24-/m1/s1. The molecule has 5 rings (SSSR count). The summed E-state index contributed by atoms with van der Waals surface area (Å²) < 4.78 is 13.3. The van der Waals surface area contributed by atoms with Gasteiger partial charge in [0.2, 0.25) is 0 Å². The van der Waals surface area contributed by atoms with Crippen LogP contribution in [0, 0.1) is 0 Å². The van der Waals surface area contributed by atoms with Crippen LogP contribution in [0.25, 0.3) is 10.9 Å². The summed E-state index contributed by atoms with van der Waals surface area (Å²) in [6.07, 6.45) is 3.09. The van der Waals surface area contributed by atoms with Crippen molar-refractivity contribution in [3.05, 3.63) is 81.9 Å². The molecule has 1 aliphatic rings. The first-order valence-corrected chi connectivity index (χ1v) is 12.6. The van der Waals surface area contributed by atoms with E-state index in [0.717, 1.165) is 54.9 Å². The Hall–Kier alpha value is -3.56. The topological polar surface area (TPSA) is 98.2 Å². The van der Waals surface area contributed by atoms with Crippen molar-refractivity contribution in [2.24, 2.45) is 0 Å². The van der Waals surface area contributed by atoms with E-state index in [0.29, 0.717) is 31.8 Å². The van der Waals surface area contributed by atoms with E-state index in [-0.39, 0.29) is 11.7 Å². The molecule has 1 saturated heterocycles. The van der Waals surface area contributed by atoms with Crippen molar-refractivity contribution in [3.63, 3.8) is 0 Å². The molecule has 3 heterocycles. The zero-order valence-electron chi connectivity index (χ0n) is 20.6. The van der Waals surface area contributed by atoms with E-state index in [4.69, 9.17) is 9.47 Å². The minimum absolute atomic E-state index is 0.0877. The minimum atomic E-state index is -0.0877. The lowest BCUT2D eigenvalue weighted by molar-refractivity contribution is 0.0916. The molecule has 2 aromatic heterocycles. The third-order valence-corrected chi connectivity index (χ3v) is 6.53. The molecule has 0 bridgehead atoms. The number of rotatable bonds is 11. The van der Waals surface area contributed by atoms with Gasteiger partial charge in [0.1, 0.15) is 5.75 Å². The minimum Gasteiger partial charge on any atom is -0.494 e. The second-order valence-corrected chi connectivity index (χ2v) is 9.16. The quantitative estimate of drug-likeness (QED) is 0.346. The lowest BCUT2D eigenvalue weighted by atomic mass is 10.1. The number of fused-ring (bicyclic) bond motifs is 1. The van der Waals surface area contributed by atoms with Crippen LogP contribution in [0.4, 0.5) is 0 Å². The molecule has 1 N–H and O–H groups in total. The number of pyridine rings is 1. The van der Waals surface area contributed by atoms with Gasteiger partial charge in [0.25, 0.3) is 5.56 Å². The molecule has 4 aromatic rings. The van der Waals surface area contributed by atoms with Crippen molar-refractivity contribution in [2.45, 2.75) is 51.9 Å². The number of nitrogens with zero attached hydrogens (tertiary/aromatic N) is 5. The third-order valence-electron chi connectivity index (χ3n) is 6.53. The highest BCUT2D eigenvalue weighted by atomic mass is 16.5.